The van der Waals surface area contributed by atoms with Crippen LogP contribution >= 0.6 is 0 Å². The van der Waals surface area contributed by atoms with E-state index in [1.807, 2.05) is 0 Å². The third kappa shape index (κ3) is 4.77. The van der Waals surface area contributed by atoms with Gasteiger partial charge in [0.1, 0.15) is 0 Å². The lowest BCUT2D eigenvalue weighted by Crippen LogP contribution is -2.40. The predicted octanol–water partition coefficient (Wildman–Crippen LogP) is 5.75. The lowest BCUT2D eigenvalue weighted by Gasteiger charge is -2.43. The molecule has 0 saturated heterocycles. The third-order valence-electron chi connectivity index (χ3n) is 8.72. The summed E-state index contributed by atoms with van der Waals surface area (Å²) in [5.74, 6) is 3.21. The quantitative estimate of drug-likeness (QED) is 0.423. The molecule has 3 aromatic rings. The standard InChI is InChI=1S/C33H38N2O4/c1-36-30-16-22-10-12-34-28(25(22)18-32(30)38-3)14-24-15-29-26-19-33(39-4)31(37-2)17-23(26)11-13-35(29)20-27(24)21-8-6-5-7-9-21/h5-9,16-19,28-29,34H,10-15,20H2,1-4H3/t28-,29+/m1/s1. The Morgan fingerprint density at radius 3 is 2.05 bits per heavy atom. The molecule has 1 N–H and O–H groups in total. The fraction of sp³-hybridized carbons (Fsp3) is 0.394. The van der Waals surface area contributed by atoms with Crippen LogP contribution in [-0.2, 0) is 12.8 Å². The number of nitrogens with zero attached hydrogens (tertiary/aromatic N) is 1. The van der Waals surface area contributed by atoms with Gasteiger partial charge in [0.05, 0.1) is 28.4 Å². The van der Waals surface area contributed by atoms with Crippen LogP contribution in [0.4, 0.5) is 0 Å². The van der Waals surface area contributed by atoms with Crippen LogP contribution in [0.3, 0.4) is 0 Å². The molecule has 2 atom stereocenters. The van der Waals surface area contributed by atoms with Gasteiger partial charge in [0.25, 0.3) is 0 Å². The van der Waals surface area contributed by atoms with E-state index in [9.17, 15) is 0 Å². The Morgan fingerprint density at radius 2 is 1.38 bits per heavy atom. The third-order valence-corrected chi connectivity index (χ3v) is 8.72. The fourth-order valence-electron chi connectivity index (χ4n) is 6.72. The van der Waals surface area contributed by atoms with Crippen LogP contribution in [0.15, 0.2) is 60.2 Å². The van der Waals surface area contributed by atoms with E-state index in [2.05, 4.69) is 64.8 Å². The summed E-state index contributed by atoms with van der Waals surface area (Å²) in [6.45, 7) is 2.94. The van der Waals surface area contributed by atoms with Crippen LogP contribution in [0.5, 0.6) is 23.0 Å². The molecular formula is C33H38N2O4. The highest BCUT2D eigenvalue weighted by Crippen LogP contribution is 2.47. The first kappa shape index (κ1) is 25.8. The van der Waals surface area contributed by atoms with Gasteiger partial charge in [-0.2, -0.15) is 0 Å². The van der Waals surface area contributed by atoms with Crippen LogP contribution in [-0.4, -0.2) is 53.0 Å². The molecule has 0 unspecified atom stereocenters. The minimum absolute atomic E-state index is 0.224. The largest absolute Gasteiger partial charge is 0.493 e. The van der Waals surface area contributed by atoms with Gasteiger partial charge < -0.3 is 24.3 Å². The van der Waals surface area contributed by atoms with Crippen molar-refractivity contribution in [2.45, 2.75) is 37.8 Å². The maximum Gasteiger partial charge on any atom is 0.161 e. The maximum atomic E-state index is 5.71. The lowest BCUT2D eigenvalue weighted by atomic mass is 9.79. The van der Waals surface area contributed by atoms with Crippen LogP contribution in [0.25, 0.3) is 5.57 Å². The van der Waals surface area contributed by atoms with E-state index in [0.717, 1.165) is 68.3 Å². The highest BCUT2D eigenvalue weighted by Gasteiger charge is 2.36. The number of benzene rings is 3. The van der Waals surface area contributed by atoms with Gasteiger partial charge in [0, 0.05) is 25.2 Å². The molecule has 0 fully saturated rings. The number of fused-ring (bicyclic) bond motifs is 4. The van der Waals surface area contributed by atoms with Crippen molar-refractivity contribution < 1.29 is 18.9 Å². The minimum Gasteiger partial charge on any atom is -0.493 e. The molecule has 3 heterocycles. The van der Waals surface area contributed by atoms with Gasteiger partial charge in [-0.3, -0.25) is 4.90 Å². The molecule has 0 bridgehead atoms. The summed E-state index contributed by atoms with van der Waals surface area (Å²) in [4.78, 5) is 2.65. The van der Waals surface area contributed by atoms with Gasteiger partial charge in [0.15, 0.2) is 23.0 Å². The lowest BCUT2D eigenvalue weighted by molar-refractivity contribution is 0.194. The van der Waals surface area contributed by atoms with Gasteiger partial charge in [-0.15, -0.1) is 0 Å². The van der Waals surface area contributed by atoms with Gasteiger partial charge >= 0.3 is 0 Å². The van der Waals surface area contributed by atoms with Crippen molar-refractivity contribution in [3.8, 4) is 23.0 Å². The van der Waals surface area contributed by atoms with Crippen molar-refractivity contribution in [2.75, 3.05) is 48.1 Å². The molecule has 6 rings (SSSR count). The smallest absolute Gasteiger partial charge is 0.161 e. The number of nitrogens with one attached hydrogen (secondary N) is 1. The van der Waals surface area contributed by atoms with Gasteiger partial charge in [-0.1, -0.05) is 35.9 Å². The second-order valence-corrected chi connectivity index (χ2v) is 10.7. The van der Waals surface area contributed by atoms with E-state index in [4.69, 9.17) is 18.9 Å². The van der Waals surface area contributed by atoms with Crippen LogP contribution in [0, 0.1) is 0 Å². The molecule has 0 aromatic heterocycles. The van der Waals surface area contributed by atoms with E-state index in [1.165, 1.54) is 39.0 Å². The summed E-state index contributed by atoms with van der Waals surface area (Å²) in [6.07, 6.45) is 3.96. The number of methoxy groups -OCH3 is 4. The molecule has 39 heavy (non-hydrogen) atoms. The van der Waals surface area contributed by atoms with Crippen molar-refractivity contribution in [3.05, 3.63) is 88.0 Å². The maximum absolute atomic E-state index is 5.71. The molecule has 3 aliphatic heterocycles. The number of hydrogen-bond acceptors (Lipinski definition) is 6. The Labute approximate surface area is 231 Å². The number of ether oxygens (including phenoxy) is 4. The summed E-state index contributed by atoms with van der Waals surface area (Å²) in [6, 6.07) is 20.2. The Morgan fingerprint density at radius 1 is 0.769 bits per heavy atom. The van der Waals surface area contributed by atoms with Crippen LogP contribution in [0.1, 0.15) is 52.7 Å². The Bertz CT molecular complexity index is 1380. The Balaban J connectivity index is 1.40. The second kappa shape index (κ2) is 10.9. The molecular weight excluding hydrogens is 488 g/mol. The van der Waals surface area contributed by atoms with Crippen LogP contribution < -0.4 is 24.3 Å². The second-order valence-electron chi connectivity index (χ2n) is 10.7. The summed E-state index contributed by atoms with van der Waals surface area (Å²) in [7, 11) is 6.86. The molecule has 0 spiro atoms. The Kier molecular flexibility index (Phi) is 7.24. The number of hydrogen-bond donors (Lipinski definition) is 1. The molecule has 6 heteroatoms. The number of rotatable bonds is 7. The summed E-state index contributed by atoms with van der Waals surface area (Å²) >= 11 is 0. The van der Waals surface area contributed by atoms with Gasteiger partial charge in [0.2, 0.25) is 0 Å². The van der Waals surface area contributed by atoms with Crippen molar-refractivity contribution in [1.82, 2.24) is 10.2 Å². The normalized spacial score (nSPS) is 20.5. The first-order valence-corrected chi connectivity index (χ1v) is 13.9. The monoisotopic (exact) mass is 526 g/mol. The first-order chi connectivity index (χ1) is 19.1. The van der Waals surface area contributed by atoms with E-state index in [1.54, 1.807) is 28.4 Å². The molecule has 3 aliphatic rings. The average molecular weight is 527 g/mol. The van der Waals surface area contributed by atoms with E-state index >= 15 is 0 Å². The van der Waals surface area contributed by atoms with Crippen molar-refractivity contribution in [1.29, 1.82) is 0 Å². The topological polar surface area (TPSA) is 52.2 Å². The minimum atomic E-state index is 0.224. The summed E-state index contributed by atoms with van der Waals surface area (Å²) < 4.78 is 22.6. The van der Waals surface area contributed by atoms with Crippen molar-refractivity contribution in [2.24, 2.45) is 0 Å². The van der Waals surface area contributed by atoms with Gasteiger partial charge in [-0.25, -0.2) is 0 Å². The molecule has 6 nitrogen and oxygen atoms in total. The molecule has 3 aromatic carbocycles. The van der Waals surface area contributed by atoms with Gasteiger partial charge in [-0.05, 0) is 89.9 Å². The zero-order valence-electron chi connectivity index (χ0n) is 23.4. The van der Waals surface area contributed by atoms with E-state index < -0.39 is 0 Å². The molecule has 0 radical (unpaired) electrons. The van der Waals surface area contributed by atoms with Crippen molar-refractivity contribution in [3.63, 3.8) is 0 Å². The van der Waals surface area contributed by atoms with Crippen molar-refractivity contribution >= 4 is 5.57 Å². The summed E-state index contributed by atoms with van der Waals surface area (Å²) in [5.41, 5.74) is 9.70. The zero-order chi connectivity index (χ0) is 26.9. The highest BCUT2D eigenvalue weighted by atomic mass is 16.5. The molecule has 0 saturated carbocycles. The average Bonchev–Trinajstić information content (AvgIpc) is 2.99. The molecule has 0 aliphatic carbocycles. The molecule has 0 amide bonds. The fourth-order valence-corrected chi connectivity index (χ4v) is 6.72. The van der Waals surface area contributed by atoms with E-state index in [-0.39, 0.29) is 6.04 Å². The zero-order valence-corrected chi connectivity index (χ0v) is 23.4. The first-order valence-electron chi connectivity index (χ1n) is 13.9. The molecule has 204 valence electrons. The highest BCUT2D eigenvalue weighted by molar-refractivity contribution is 5.72. The summed E-state index contributed by atoms with van der Waals surface area (Å²) in [5, 5.41) is 3.83. The van der Waals surface area contributed by atoms with Crippen LogP contribution in [0.2, 0.25) is 0 Å². The van der Waals surface area contributed by atoms with E-state index in [0.29, 0.717) is 6.04 Å². The Hall–Kier alpha value is -3.48. The predicted molar refractivity (Wildman–Crippen MR) is 154 cm³/mol. The SMILES string of the molecule is COc1cc2c(cc1OC)[C@@H](CC1=C(c3ccccc3)CN3CCc4cc(OC)c(OC)cc4[C@@H]3C1)NCC2.